The van der Waals surface area contributed by atoms with Crippen LogP contribution in [-0.4, -0.2) is 56.1 Å². The van der Waals surface area contributed by atoms with E-state index in [0.29, 0.717) is 0 Å². The van der Waals surface area contributed by atoms with Crippen molar-refractivity contribution in [3.8, 4) is 0 Å². The highest BCUT2D eigenvalue weighted by Crippen LogP contribution is 2.41. The first-order valence-electron chi connectivity index (χ1n) is 7.22. The molecule has 5 unspecified atom stereocenters. The number of carbonyl (C=O) groups is 4. The topological polar surface area (TPSA) is 114 Å². The minimum atomic E-state index is -1.32. The monoisotopic (exact) mass is 342 g/mol. The molecule has 9 nitrogen and oxygen atoms in total. The van der Waals surface area contributed by atoms with Crippen LogP contribution in [0.1, 0.15) is 13.8 Å². The second-order valence-electron chi connectivity index (χ2n) is 5.53. The minimum absolute atomic E-state index is 0.124. The number of fused-ring (bicyclic) bond motifs is 1. The van der Waals surface area contributed by atoms with Crippen molar-refractivity contribution >= 4 is 23.9 Å². The maximum atomic E-state index is 12.0. The average Bonchev–Trinajstić information content (AvgIpc) is 3.02. The number of esters is 4. The van der Waals surface area contributed by atoms with Crippen molar-refractivity contribution in [1.82, 2.24) is 0 Å². The number of hydrogen-bond acceptors (Lipinski definition) is 9. The molecule has 2 saturated heterocycles. The molecule has 0 bridgehead atoms. The zero-order chi connectivity index (χ0) is 18.0. The van der Waals surface area contributed by atoms with Crippen LogP contribution in [0.15, 0.2) is 12.2 Å². The van der Waals surface area contributed by atoms with Gasteiger partial charge in [-0.2, -0.15) is 0 Å². The van der Waals surface area contributed by atoms with Crippen LogP contribution in [0.3, 0.4) is 0 Å². The Hall–Kier alpha value is -2.42. The van der Waals surface area contributed by atoms with E-state index in [2.05, 4.69) is 16.1 Å². The first-order valence-corrected chi connectivity index (χ1v) is 7.22. The number of carbonyl (C=O) groups excluding carboxylic acids is 4. The van der Waals surface area contributed by atoms with Crippen LogP contribution < -0.4 is 0 Å². The zero-order valence-electron chi connectivity index (χ0n) is 13.5. The van der Waals surface area contributed by atoms with Gasteiger partial charge in [0.25, 0.3) is 0 Å². The summed E-state index contributed by atoms with van der Waals surface area (Å²) in [5.41, 5.74) is 0.124. The van der Waals surface area contributed by atoms with Gasteiger partial charge in [0.05, 0.1) is 7.11 Å². The molecule has 2 aliphatic rings. The van der Waals surface area contributed by atoms with E-state index in [4.69, 9.17) is 14.2 Å². The quantitative estimate of drug-likeness (QED) is 0.378. The van der Waals surface area contributed by atoms with E-state index < -0.39 is 60.8 Å². The molecule has 2 aliphatic heterocycles. The van der Waals surface area contributed by atoms with Crippen LogP contribution >= 0.6 is 0 Å². The Balaban J connectivity index is 2.04. The molecule has 2 rings (SSSR count). The van der Waals surface area contributed by atoms with Crippen molar-refractivity contribution in [3.63, 3.8) is 0 Å². The highest BCUT2D eigenvalue weighted by atomic mass is 16.7. The van der Waals surface area contributed by atoms with E-state index >= 15 is 0 Å². The summed E-state index contributed by atoms with van der Waals surface area (Å²) < 4.78 is 24.8. The van der Waals surface area contributed by atoms with Crippen molar-refractivity contribution in [1.29, 1.82) is 0 Å². The molecular weight excluding hydrogens is 324 g/mol. The molecule has 0 aromatic carbocycles. The molecule has 0 amide bonds. The van der Waals surface area contributed by atoms with Crippen LogP contribution in [0.5, 0.6) is 0 Å². The summed E-state index contributed by atoms with van der Waals surface area (Å²) >= 11 is 0. The average molecular weight is 342 g/mol. The van der Waals surface area contributed by atoms with Crippen molar-refractivity contribution < 1.29 is 42.9 Å². The van der Waals surface area contributed by atoms with Gasteiger partial charge in [0.2, 0.25) is 6.29 Å². The zero-order valence-corrected chi connectivity index (χ0v) is 13.5. The summed E-state index contributed by atoms with van der Waals surface area (Å²) in [4.78, 5) is 46.9. The SMILES string of the molecule is C=C(C)C(=O)OCC(=O)OC1OC2C(C)OC(=O)C2C1C(=O)OC. The lowest BCUT2D eigenvalue weighted by Gasteiger charge is -2.20. The predicted octanol–water partition coefficient (Wildman–Crippen LogP) is -0.275. The Kier molecular flexibility index (Phi) is 5.23. The maximum Gasteiger partial charge on any atom is 0.346 e. The van der Waals surface area contributed by atoms with Crippen LogP contribution in [0.2, 0.25) is 0 Å². The summed E-state index contributed by atoms with van der Waals surface area (Å²) in [5.74, 6) is -5.11. The molecule has 5 atom stereocenters. The smallest absolute Gasteiger partial charge is 0.346 e. The Morgan fingerprint density at radius 1 is 1.29 bits per heavy atom. The second kappa shape index (κ2) is 7.00. The van der Waals surface area contributed by atoms with Crippen LogP contribution in [-0.2, 0) is 42.9 Å². The molecule has 0 aliphatic carbocycles. The van der Waals surface area contributed by atoms with Gasteiger partial charge < -0.3 is 23.7 Å². The number of rotatable bonds is 5. The molecule has 0 radical (unpaired) electrons. The molecular formula is C15H18O9. The largest absolute Gasteiger partial charge is 0.469 e. The summed E-state index contributed by atoms with van der Waals surface area (Å²) in [6.45, 7) is 5.73. The fourth-order valence-electron chi connectivity index (χ4n) is 2.62. The van der Waals surface area contributed by atoms with E-state index in [1.54, 1.807) is 6.92 Å². The van der Waals surface area contributed by atoms with Gasteiger partial charge in [-0.25, -0.2) is 9.59 Å². The van der Waals surface area contributed by atoms with Gasteiger partial charge in [0.1, 0.15) is 24.0 Å². The van der Waals surface area contributed by atoms with Crippen molar-refractivity contribution in [2.75, 3.05) is 13.7 Å². The third kappa shape index (κ3) is 3.40. The summed E-state index contributed by atoms with van der Waals surface area (Å²) in [7, 11) is 1.15. The molecule has 0 aromatic heterocycles. The van der Waals surface area contributed by atoms with E-state index in [0.717, 1.165) is 7.11 Å². The highest BCUT2D eigenvalue weighted by molar-refractivity contribution is 5.89. The predicted molar refractivity (Wildman–Crippen MR) is 75.1 cm³/mol. The molecule has 0 N–H and O–H groups in total. The van der Waals surface area contributed by atoms with Gasteiger partial charge in [-0.1, -0.05) is 6.58 Å². The van der Waals surface area contributed by atoms with E-state index in [1.165, 1.54) is 6.92 Å². The number of cyclic esters (lactones) is 1. The van der Waals surface area contributed by atoms with Gasteiger partial charge >= 0.3 is 23.9 Å². The van der Waals surface area contributed by atoms with Crippen molar-refractivity contribution in [2.24, 2.45) is 11.8 Å². The molecule has 2 fully saturated rings. The number of hydrogen-bond donors (Lipinski definition) is 0. The standard InChI is InChI=1S/C15H18O9/c1-6(2)12(17)21-5-8(16)23-15-10(13(18)20-4)9-11(24-15)7(3)22-14(9)19/h7,9-11,15H,1,5H2,2-4H3. The number of ether oxygens (including phenoxy) is 5. The molecule has 0 saturated carbocycles. The lowest BCUT2D eigenvalue weighted by atomic mass is 9.90. The first kappa shape index (κ1) is 17.9. The van der Waals surface area contributed by atoms with Crippen LogP contribution in [0, 0.1) is 11.8 Å². The van der Waals surface area contributed by atoms with Gasteiger partial charge in [0, 0.05) is 5.57 Å². The van der Waals surface area contributed by atoms with Crippen LogP contribution in [0.25, 0.3) is 0 Å². The molecule has 24 heavy (non-hydrogen) atoms. The molecule has 132 valence electrons. The Morgan fingerprint density at radius 3 is 2.54 bits per heavy atom. The Morgan fingerprint density at radius 2 is 1.96 bits per heavy atom. The first-order chi connectivity index (χ1) is 11.3. The maximum absolute atomic E-state index is 12.0. The summed E-state index contributed by atoms with van der Waals surface area (Å²) in [5, 5.41) is 0. The fraction of sp³-hybridized carbons (Fsp3) is 0.600. The Bertz CT molecular complexity index is 581. The van der Waals surface area contributed by atoms with Gasteiger partial charge in [0.15, 0.2) is 6.61 Å². The fourth-order valence-corrected chi connectivity index (χ4v) is 2.62. The van der Waals surface area contributed by atoms with E-state index in [1.807, 2.05) is 0 Å². The molecule has 2 heterocycles. The van der Waals surface area contributed by atoms with Crippen molar-refractivity contribution in [2.45, 2.75) is 32.3 Å². The number of methoxy groups -OCH3 is 1. The molecule has 9 heteroatoms. The van der Waals surface area contributed by atoms with Gasteiger partial charge in [-0.15, -0.1) is 0 Å². The van der Waals surface area contributed by atoms with Crippen molar-refractivity contribution in [3.05, 3.63) is 12.2 Å². The lowest BCUT2D eigenvalue weighted by Crippen LogP contribution is -2.36. The highest BCUT2D eigenvalue weighted by Gasteiger charge is 2.61. The van der Waals surface area contributed by atoms with E-state index in [-0.39, 0.29) is 5.57 Å². The van der Waals surface area contributed by atoms with Gasteiger partial charge in [-0.05, 0) is 13.8 Å². The Labute approximate surface area is 137 Å². The van der Waals surface area contributed by atoms with Gasteiger partial charge in [-0.3, -0.25) is 9.59 Å². The second-order valence-corrected chi connectivity index (χ2v) is 5.53. The van der Waals surface area contributed by atoms with E-state index in [9.17, 15) is 19.2 Å². The summed E-state index contributed by atoms with van der Waals surface area (Å²) in [6, 6.07) is 0. The lowest BCUT2D eigenvalue weighted by molar-refractivity contribution is -0.198. The normalized spacial score (nSPS) is 31.0. The summed E-state index contributed by atoms with van der Waals surface area (Å²) in [6.07, 6.45) is -2.63. The molecule has 0 spiro atoms. The minimum Gasteiger partial charge on any atom is -0.469 e. The third-order valence-electron chi connectivity index (χ3n) is 3.75. The third-order valence-corrected chi connectivity index (χ3v) is 3.75. The molecule has 0 aromatic rings. The van der Waals surface area contributed by atoms with Crippen LogP contribution in [0.4, 0.5) is 0 Å².